The van der Waals surface area contributed by atoms with Crippen molar-refractivity contribution in [1.82, 2.24) is 14.9 Å². The van der Waals surface area contributed by atoms with Gasteiger partial charge < -0.3 is 14.5 Å². The molecule has 2 saturated heterocycles. The molecule has 6 heteroatoms. The molecule has 0 unspecified atom stereocenters. The Morgan fingerprint density at radius 1 is 0.913 bits per heavy atom. The van der Waals surface area contributed by atoms with E-state index in [4.69, 9.17) is 4.74 Å². The van der Waals surface area contributed by atoms with E-state index in [1.54, 1.807) is 6.33 Å². The number of morpholine rings is 1. The summed E-state index contributed by atoms with van der Waals surface area (Å²) >= 11 is 0. The van der Waals surface area contributed by atoms with E-state index < -0.39 is 0 Å². The molecule has 1 saturated carbocycles. The molecule has 0 aromatic carbocycles. The van der Waals surface area contributed by atoms with Crippen LogP contribution in [0, 0.1) is 5.92 Å². The van der Waals surface area contributed by atoms with Crippen LogP contribution in [0.2, 0.25) is 0 Å². The Morgan fingerprint density at radius 2 is 1.57 bits per heavy atom. The third kappa shape index (κ3) is 3.58. The highest BCUT2D eigenvalue weighted by atomic mass is 16.5. The molecule has 3 fully saturated rings. The number of anilines is 2. The standard InChI is InChI=1S/C17H27N5O/c1-2-15(3-1)13-20-4-6-21(7-5-20)16-12-17(19-14-18-16)22-8-10-23-11-9-22/h12,14-15H,1-11,13H2. The molecule has 1 aliphatic carbocycles. The first-order valence-corrected chi connectivity index (χ1v) is 9.00. The van der Waals surface area contributed by atoms with Crippen LogP contribution in [-0.4, -0.2) is 73.9 Å². The molecule has 1 aromatic heterocycles. The predicted molar refractivity (Wildman–Crippen MR) is 91.1 cm³/mol. The van der Waals surface area contributed by atoms with Gasteiger partial charge in [0.25, 0.3) is 0 Å². The third-order valence-corrected chi connectivity index (χ3v) is 5.41. The fourth-order valence-corrected chi connectivity index (χ4v) is 3.68. The fourth-order valence-electron chi connectivity index (χ4n) is 3.68. The van der Waals surface area contributed by atoms with Gasteiger partial charge in [0.05, 0.1) is 13.2 Å². The predicted octanol–water partition coefficient (Wildman–Crippen LogP) is 1.24. The van der Waals surface area contributed by atoms with E-state index in [9.17, 15) is 0 Å². The molecule has 126 valence electrons. The smallest absolute Gasteiger partial charge is 0.134 e. The van der Waals surface area contributed by atoms with Crippen LogP contribution >= 0.6 is 0 Å². The molecule has 0 N–H and O–H groups in total. The van der Waals surface area contributed by atoms with Crippen LogP contribution in [-0.2, 0) is 4.74 Å². The Bertz CT molecular complexity index is 507. The molecule has 0 bridgehead atoms. The lowest BCUT2D eigenvalue weighted by Gasteiger charge is -2.39. The summed E-state index contributed by atoms with van der Waals surface area (Å²) in [5.41, 5.74) is 0. The first-order chi connectivity index (χ1) is 11.4. The van der Waals surface area contributed by atoms with Crippen LogP contribution in [0.4, 0.5) is 11.6 Å². The van der Waals surface area contributed by atoms with Gasteiger partial charge in [-0.25, -0.2) is 9.97 Å². The highest BCUT2D eigenvalue weighted by molar-refractivity contribution is 5.50. The second-order valence-electron chi connectivity index (χ2n) is 6.92. The molecule has 3 heterocycles. The summed E-state index contributed by atoms with van der Waals surface area (Å²) in [5.74, 6) is 3.08. The molecule has 4 rings (SSSR count). The molecule has 0 radical (unpaired) electrons. The second kappa shape index (κ2) is 7.01. The first-order valence-electron chi connectivity index (χ1n) is 9.00. The highest BCUT2D eigenvalue weighted by Gasteiger charge is 2.24. The normalized spacial score (nSPS) is 23.8. The number of rotatable bonds is 4. The lowest BCUT2D eigenvalue weighted by Crippen LogP contribution is -2.48. The third-order valence-electron chi connectivity index (χ3n) is 5.41. The molecule has 0 spiro atoms. The van der Waals surface area contributed by atoms with Crippen molar-refractivity contribution in [2.45, 2.75) is 19.3 Å². The molecule has 6 nitrogen and oxygen atoms in total. The van der Waals surface area contributed by atoms with Crippen LogP contribution in [0.25, 0.3) is 0 Å². The largest absolute Gasteiger partial charge is 0.378 e. The summed E-state index contributed by atoms with van der Waals surface area (Å²) in [7, 11) is 0. The minimum Gasteiger partial charge on any atom is -0.378 e. The molecule has 2 aliphatic heterocycles. The van der Waals surface area contributed by atoms with Crippen molar-refractivity contribution in [2.75, 3.05) is 68.8 Å². The Kier molecular flexibility index (Phi) is 4.62. The van der Waals surface area contributed by atoms with Crippen LogP contribution in [0.5, 0.6) is 0 Å². The summed E-state index contributed by atoms with van der Waals surface area (Å²) < 4.78 is 5.42. The maximum absolute atomic E-state index is 5.42. The average molecular weight is 317 g/mol. The maximum atomic E-state index is 5.42. The summed E-state index contributed by atoms with van der Waals surface area (Å²) in [6, 6.07) is 2.15. The number of hydrogen-bond donors (Lipinski definition) is 0. The number of aromatic nitrogens is 2. The van der Waals surface area contributed by atoms with Crippen molar-refractivity contribution in [3.05, 3.63) is 12.4 Å². The molecule has 1 aromatic rings. The lowest BCUT2D eigenvalue weighted by molar-refractivity contribution is 0.122. The molecule has 0 atom stereocenters. The van der Waals surface area contributed by atoms with Crippen molar-refractivity contribution in [2.24, 2.45) is 5.92 Å². The number of hydrogen-bond acceptors (Lipinski definition) is 6. The number of ether oxygens (including phenoxy) is 1. The quantitative estimate of drug-likeness (QED) is 0.832. The van der Waals surface area contributed by atoms with Gasteiger partial charge in [-0.05, 0) is 18.8 Å². The van der Waals surface area contributed by atoms with E-state index in [2.05, 4.69) is 30.7 Å². The minimum atomic E-state index is 0.791. The van der Waals surface area contributed by atoms with Crippen molar-refractivity contribution < 1.29 is 4.74 Å². The first kappa shape index (κ1) is 15.1. The molecule has 3 aliphatic rings. The maximum Gasteiger partial charge on any atom is 0.134 e. The van der Waals surface area contributed by atoms with E-state index in [0.29, 0.717) is 0 Å². The molecule has 23 heavy (non-hydrogen) atoms. The monoisotopic (exact) mass is 317 g/mol. The van der Waals surface area contributed by atoms with E-state index in [0.717, 1.165) is 70.0 Å². The van der Waals surface area contributed by atoms with Crippen LogP contribution in [0.15, 0.2) is 12.4 Å². The summed E-state index contributed by atoms with van der Waals surface area (Å²) in [5, 5.41) is 0. The van der Waals surface area contributed by atoms with Crippen molar-refractivity contribution in [3.8, 4) is 0 Å². The summed E-state index contributed by atoms with van der Waals surface area (Å²) in [6.45, 7) is 9.20. The van der Waals surface area contributed by atoms with Crippen LogP contribution < -0.4 is 9.80 Å². The SMILES string of the molecule is c1nc(N2CCOCC2)cc(N2CCN(CC3CCC3)CC2)n1. The topological polar surface area (TPSA) is 44.7 Å². The fraction of sp³-hybridized carbons (Fsp3) is 0.765. The lowest BCUT2D eigenvalue weighted by atomic mass is 9.85. The van der Waals surface area contributed by atoms with Gasteiger partial charge in [-0.15, -0.1) is 0 Å². The molecule has 0 amide bonds. The average Bonchev–Trinajstić information content (AvgIpc) is 2.60. The van der Waals surface area contributed by atoms with E-state index in [-0.39, 0.29) is 0 Å². The number of nitrogens with zero attached hydrogens (tertiary/aromatic N) is 5. The van der Waals surface area contributed by atoms with E-state index in [1.807, 2.05) is 0 Å². The van der Waals surface area contributed by atoms with Gasteiger partial charge in [0.15, 0.2) is 0 Å². The van der Waals surface area contributed by atoms with Crippen molar-refractivity contribution >= 4 is 11.6 Å². The zero-order valence-corrected chi connectivity index (χ0v) is 13.9. The zero-order chi connectivity index (χ0) is 15.5. The zero-order valence-electron chi connectivity index (χ0n) is 13.9. The van der Waals surface area contributed by atoms with Gasteiger partial charge in [-0.2, -0.15) is 0 Å². The van der Waals surface area contributed by atoms with Gasteiger partial charge >= 0.3 is 0 Å². The molecular weight excluding hydrogens is 290 g/mol. The van der Waals surface area contributed by atoms with E-state index in [1.165, 1.54) is 25.8 Å². The van der Waals surface area contributed by atoms with Gasteiger partial charge in [-0.3, -0.25) is 4.90 Å². The van der Waals surface area contributed by atoms with Crippen LogP contribution in [0.1, 0.15) is 19.3 Å². The molecular formula is C17H27N5O. The summed E-state index contributed by atoms with van der Waals surface area (Å²) in [6.07, 6.45) is 6.03. The second-order valence-corrected chi connectivity index (χ2v) is 6.92. The van der Waals surface area contributed by atoms with Crippen molar-refractivity contribution in [3.63, 3.8) is 0 Å². The summed E-state index contributed by atoms with van der Waals surface area (Å²) in [4.78, 5) is 16.3. The van der Waals surface area contributed by atoms with Gasteiger partial charge in [0.2, 0.25) is 0 Å². The number of piperazine rings is 1. The Labute approximate surface area is 138 Å². The van der Waals surface area contributed by atoms with E-state index >= 15 is 0 Å². The Balaban J connectivity index is 1.34. The highest BCUT2D eigenvalue weighted by Crippen LogP contribution is 2.27. The van der Waals surface area contributed by atoms with Gasteiger partial charge in [-0.1, -0.05) is 6.42 Å². The minimum absolute atomic E-state index is 0.791. The van der Waals surface area contributed by atoms with Crippen LogP contribution in [0.3, 0.4) is 0 Å². The van der Waals surface area contributed by atoms with Crippen molar-refractivity contribution in [1.29, 1.82) is 0 Å². The van der Waals surface area contributed by atoms with Gasteiger partial charge in [0, 0.05) is 51.9 Å². The van der Waals surface area contributed by atoms with Gasteiger partial charge in [0.1, 0.15) is 18.0 Å². The Hall–Kier alpha value is -1.40. The Morgan fingerprint density at radius 3 is 2.17 bits per heavy atom.